The molecule has 0 aliphatic heterocycles. The maximum Gasteiger partial charge on any atom is 0.230 e. The summed E-state index contributed by atoms with van der Waals surface area (Å²) < 4.78 is 1.94. The van der Waals surface area contributed by atoms with Crippen LogP contribution in [0.1, 0.15) is 12.8 Å². The molecule has 0 atom stereocenters. The molecule has 27 heavy (non-hydrogen) atoms. The maximum absolute atomic E-state index is 12.1. The number of pyridine rings is 1. The monoisotopic (exact) mass is 399 g/mol. The van der Waals surface area contributed by atoms with Crippen molar-refractivity contribution in [2.75, 3.05) is 12.3 Å². The Morgan fingerprint density at radius 2 is 1.89 bits per heavy atom. The highest BCUT2D eigenvalue weighted by Gasteiger charge is 2.22. The minimum Gasteiger partial charge on any atom is -0.355 e. The maximum atomic E-state index is 12.1. The Bertz CT molecular complexity index is 925. The van der Waals surface area contributed by atoms with Crippen LogP contribution >= 0.6 is 23.4 Å². The van der Waals surface area contributed by atoms with E-state index in [0.717, 1.165) is 17.8 Å². The molecule has 1 aromatic carbocycles. The van der Waals surface area contributed by atoms with Gasteiger partial charge >= 0.3 is 0 Å². The zero-order chi connectivity index (χ0) is 18.6. The van der Waals surface area contributed by atoms with Gasteiger partial charge in [-0.3, -0.25) is 14.3 Å². The largest absolute Gasteiger partial charge is 0.355 e. The number of hydrogen-bond acceptors (Lipinski definition) is 5. The van der Waals surface area contributed by atoms with E-state index in [2.05, 4.69) is 20.5 Å². The van der Waals surface area contributed by atoms with Crippen molar-refractivity contribution in [3.05, 3.63) is 53.8 Å². The van der Waals surface area contributed by atoms with Gasteiger partial charge in [-0.05, 0) is 55.2 Å². The molecular formula is C19H18ClN5OS. The van der Waals surface area contributed by atoms with E-state index in [4.69, 9.17) is 11.6 Å². The van der Waals surface area contributed by atoms with E-state index in [9.17, 15) is 4.79 Å². The van der Waals surface area contributed by atoms with E-state index >= 15 is 0 Å². The third-order valence-corrected chi connectivity index (χ3v) is 5.45. The highest BCUT2D eigenvalue weighted by Crippen LogP contribution is 2.29. The van der Waals surface area contributed by atoms with E-state index in [0.29, 0.717) is 27.7 Å². The molecule has 2 aromatic heterocycles. The first-order valence-corrected chi connectivity index (χ1v) is 10.1. The van der Waals surface area contributed by atoms with Crippen LogP contribution in [0.15, 0.2) is 53.9 Å². The van der Waals surface area contributed by atoms with Gasteiger partial charge in [0.15, 0.2) is 11.0 Å². The second-order valence-electron chi connectivity index (χ2n) is 6.39. The number of nitrogens with one attached hydrogen (secondary N) is 1. The van der Waals surface area contributed by atoms with Crippen LogP contribution in [-0.2, 0) is 4.79 Å². The van der Waals surface area contributed by atoms with Crippen LogP contribution in [0.5, 0.6) is 0 Å². The fraction of sp³-hybridized carbons (Fsp3) is 0.263. The second kappa shape index (κ2) is 8.10. The minimum absolute atomic E-state index is 0.0167. The Labute approximate surface area is 166 Å². The van der Waals surface area contributed by atoms with Gasteiger partial charge < -0.3 is 5.32 Å². The van der Waals surface area contributed by atoms with E-state index in [1.54, 1.807) is 12.4 Å². The zero-order valence-corrected chi connectivity index (χ0v) is 16.1. The lowest BCUT2D eigenvalue weighted by molar-refractivity contribution is -0.118. The van der Waals surface area contributed by atoms with E-state index in [1.165, 1.54) is 24.6 Å². The molecule has 2 heterocycles. The summed E-state index contributed by atoms with van der Waals surface area (Å²) in [6.07, 6.45) is 5.87. The van der Waals surface area contributed by atoms with E-state index in [-0.39, 0.29) is 5.91 Å². The average molecular weight is 400 g/mol. The number of aromatic nitrogens is 4. The molecule has 0 bridgehead atoms. The van der Waals surface area contributed by atoms with Crippen LogP contribution < -0.4 is 5.32 Å². The Balaban J connectivity index is 1.59. The summed E-state index contributed by atoms with van der Waals surface area (Å²) in [5, 5.41) is 13.0. The highest BCUT2D eigenvalue weighted by atomic mass is 35.5. The van der Waals surface area contributed by atoms with E-state index < -0.39 is 0 Å². The molecule has 1 saturated carbocycles. The summed E-state index contributed by atoms with van der Waals surface area (Å²) in [5.41, 5.74) is 1.79. The minimum atomic E-state index is 0.0167. The summed E-state index contributed by atoms with van der Waals surface area (Å²) in [4.78, 5) is 16.2. The SMILES string of the molecule is O=C(CSc1nnc(-c2ccncc2)n1-c1ccc(Cl)cc1)NCC1CC1. The van der Waals surface area contributed by atoms with Crippen molar-refractivity contribution in [2.45, 2.75) is 18.0 Å². The van der Waals surface area contributed by atoms with Gasteiger partial charge in [0.25, 0.3) is 0 Å². The molecule has 3 aromatic rings. The topological polar surface area (TPSA) is 72.7 Å². The van der Waals surface area contributed by atoms with Crippen molar-refractivity contribution in [3.63, 3.8) is 0 Å². The molecule has 1 N–H and O–H groups in total. The molecule has 0 unspecified atom stereocenters. The van der Waals surface area contributed by atoms with Gasteiger partial charge in [-0.2, -0.15) is 0 Å². The van der Waals surface area contributed by atoms with Crippen molar-refractivity contribution >= 4 is 29.3 Å². The zero-order valence-electron chi connectivity index (χ0n) is 14.5. The smallest absolute Gasteiger partial charge is 0.230 e. The van der Waals surface area contributed by atoms with E-state index in [1.807, 2.05) is 41.0 Å². The Kier molecular flexibility index (Phi) is 5.40. The number of thioether (sulfide) groups is 1. The van der Waals surface area contributed by atoms with Crippen LogP contribution in [0, 0.1) is 5.92 Å². The lowest BCUT2D eigenvalue weighted by Crippen LogP contribution is -2.27. The van der Waals surface area contributed by atoms with Crippen LogP contribution in [0.4, 0.5) is 0 Å². The predicted molar refractivity (Wildman–Crippen MR) is 106 cm³/mol. The fourth-order valence-electron chi connectivity index (χ4n) is 2.64. The van der Waals surface area contributed by atoms with Crippen LogP contribution in [0.25, 0.3) is 17.1 Å². The Morgan fingerprint density at radius 1 is 1.15 bits per heavy atom. The number of benzene rings is 1. The van der Waals surface area contributed by atoms with Gasteiger partial charge in [0.2, 0.25) is 5.91 Å². The molecule has 1 aliphatic carbocycles. The summed E-state index contributed by atoms with van der Waals surface area (Å²) >= 11 is 7.40. The van der Waals surface area contributed by atoms with Crippen molar-refractivity contribution < 1.29 is 4.79 Å². The quantitative estimate of drug-likeness (QED) is 0.614. The molecule has 138 valence electrons. The van der Waals surface area contributed by atoms with Crippen molar-refractivity contribution in [2.24, 2.45) is 5.92 Å². The molecule has 0 radical (unpaired) electrons. The van der Waals surface area contributed by atoms with Gasteiger partial charge in [-0.1, -0.05) is 23.4 Å². The molecule has 0 saturated heterocycles. The van der Waals surface area contributed by atoms with Gasteiger partial charge in [0.1, 0.15) is 0 Å². The molecule has 1 fully saturated rings. The normalized spacial score (nSPS) is 13.5. The number of carbonyl (C=O) groups excluding carboxylic acids is 1. The molecule has 4 rings (SSSR count). The van der Waals surface area contributed by atoms with Gasteiger partial charge in [-0.15, -0.1) is 10.2 Å². The number of halogens is 1. The van der Waals surface area contributed by atoms with Crippen molar-refractivity contribution in [1.82, 2.24) is 25.1 Å². The van der Waals surface area contributed by atoms with Crippen molar-refractivity contribution in [1.29, 1.82) is 0 Å². The van der Waals surface area contributed by atoms with Gasteiger partial charge in [-0.25, -0.2) is 0 Å². The summed E-state index contributed by atoms with van der Waals surface area (Å²) in [5.74, 6) is 1.67. The lowest BCUT2D eigenvalue weighted by atomic mass is 10.2. The van der Waals surface area contributed by atoms with Crippen LogP contribution in [0.3, 0.4) is 0 Å². The van der Waals surface area contributed by atoms with Crippen molar-refractivity contribution in [3.8, 4) is 17.1 Å². The van der Waals surface area contributed by atoms with Crippen LogP contribution in [0.2, 0.25) is 5.02 Å². The summed E-state index contributed by atoms with van der Waals surface area (Å²) in [6, 6.07) is 11.2. The second-order valence-corrected chi connectivity index (χ2v) is 7.77. The summed E-state index contributed by atoms with van der Waals surface area (Å²) in [6.45, 7) is 0.769. The fourth-order valence-corrected chi connectivity index (χ4v) is 3.54. The molecule has 1 aliphatic rings. The standard InChI is InChI=1S/C19H18ClN5OS/c20-15-3-5-16(6-4-15)25-18(14-7-9-21-10-8-14)23-24-19(25)27-12-17(26)22-11-13-1-2-13/h3-10,13H,1-2,11-12H2,(H,22,26). The third-order valence-electron chi connectivity index (χ3n) is 4.27. The molecule has 1 amide bonds. The number of amides is 1. The van der Waals surface area contributed by atoms with Gasteiger partial charge in [0, 0.05) is 35.2 Å². The molecule has 8 heteroatoms. The number of nitrogens with zero attached hydrogens (tertiary/aromatic N) is 4. The predicted octanol–water partition coefficient (Wildman–Crippen LogP) is 3.60. The Hall–Kier alpha value is -2.38. The summed E-state index contributed by atoms with van der Waals surface area (Å²) in [7, 11) is 0. The number of hydrogen-bond donors (Lipinski definition) is 1. The molecular weight excluding hydrogens is 382 g/mol. The van der Waals surface area contributed by atoms with Gasteiger partial charge in [0.05, 0.1) is 5.75 Å². The number of carbonyl (C=O) groups is 1. The van der Waals surface area contributed by atoms with Crippen LogP contribution in [-0.4, -0.2) is 38.0 Å². The highest BCUT2D eigenvalue weighted by molar-refractivity contribution is 7.99. The first-order valence-electron chi connectivity index (χ1n) is 8.72. The number of rotatable bonds is 7. The third kappa shape index (κ3) is 4.48. The molecule has 6 nitrogen and oxygen atoms in total. The lowest BCUT2D eigenvalue weighted by Gasteiger charge is -2.10. The Morgan fingerprint density at radius 3 is 2.59 bits per heavy atom. The average Bonchev–Trinajstić information content (AvgIpc) is 3.44. The first-order chi connectivity index (χ1) is 13.2. The first kappa shape index (κ1) is 18.0. The molecule has 0 spiro atoms.